The van der Waals surface area contributed by atoms with Crippen LogP contribution in [0.5, 0.6) is 0 Å². The van der Waals surface area contributed by atoms with Crippen LogP contribution in [0, 0.1) is 5.82 Å². The molecule has 0 aromatic heterocycles. The molecule has 5 heteroatoms. The molecule has 0 aliphatic heterocycles. The van der Waals surface area contributed by atoms with Crippen molar-refractivity contribution >= 4 is 35.8 Å². The molecular formula is C12H16Cl2FNS. The topological polar surface area (TPSA) is 12.0 Å². The zero-order valence-electron chi connectivity index (χ0n) is 9.42. The Morgan fingerprint density at radius 2 is 2.24 bits per heavy atom. The van der Waals surface area contributed by atoms with Crippen molar-refractivity contribution in [1.29, 1.82) is 0 Å². The van der Waals surface area contributed by atoms with Crippen LogP contribution in [-0.4, -0.2) is 18.1 Å². The van der Waals surface area contributed by atoms with Crippen molar-refractivity contribution in [3.05, 3.63) is 47.3 Å². The fourth-order valence-electron chi connectivity index (χ4n) is 1.19. The van der Waals surface area contributed by atoms with Crippen LogP contribution in [0.25, 0.3) is 0 Å². The Morgan fingerprint density at radius 3 is 2.88 bits per heavy atom. The van der Waals surface area contributed by atoms with Gasteiger partial charge in [-0.3, -0.25) is 0 Å². The third kappa shape index (κ3) is 6.94. The van der Waals surface area contributed by atoms with Gasteiger partial charge < -0.3 is 5.32 Å². The molecule has 1 nitrogen and oxygen atoms in total. The normalized spacial score (nSPS) is 9.76. The summed E-state index contributed by atoms with van der Waals surface area (Å²) in [5, 5.41) is 3.41. The Morgan fingerprint density at radius 1 is 1.47 bits per heavy atom. The van der Waals surface area contributed by atoms with Crippen LogP contribution in [0.2, 0.25) is 5.02 Å². The highest BCUT2D eigenvalue weighted by Crippen LogP contribution is 2.15. The molecule has 0 fully saturated rings. The number of benzene rings is 1. The summed E-state index contributed by atoms with van der Waals surface area (Å²) in [4.78, 5) is 0. The van der Waals surface area contributed by atoms with E-state index >= 15 is 0 Å². The molecule has 1 aromatic carbocycles. The van der Waals surface area contributed by atoms with Crippen molar-refractivity contribution < 1.29 is 4.39 Å². The molecule has 0 saturated carbocycles. The standard InChI is InChI=1S/C12H15ClFNS.ClH/c1-2-6-16-7-5-15-9-10-3-4-11(13)12(14)8-10;/h2-4,8,15H,1,5-7,9H2;1H. The average molecular weight is 296 g/mol. The molecule has 0 heterocycles. The first kappa shape index (κ1) is 16.8. The quantitative estimate of drug-likeness (QED) is 0.605. The molecule has 0 bridgehead atoms. The van der Waals surface area contributed by atoms with Gasteiger partial charge in [-0.2, -0.15) is 11.8 Å². The first-order valence-electron chi connectivity index (χ1n) is 5.07. The minimum Gasteiger partial charge on any atom is -0.312 e. The van der Waals surface area contributed by atoms with E-state index in [2.05, 4.69) is 11.9 Å². The van der Waals surface area contributed by atoms with E-state index in [0.29, 0.717) is 6.54 Å². The number of hydrogen-bond donors (Lipinski definition) is 1. The number of thioether (sulfide) groups is 1. The fourth-order valence-corrected chi connectivity index (χ4v) is 1.93. The van der Waals surface area contributed by atoms with Crippen molar-refractivity contribution in [3.8, 4) is 0 Å². The molecule has 1 rings (SSSR count). The van der Waals surface area contributed by atoms with Crippen molar-refractivity contribution in [2.45, 2.75) is 6.54 Å². The van der Waals surface area contributed by atoms with E-state index in [0.717, 1.165) is 23.6 Å². The lowest BCUT2D eigenvalue weighted by atomic mass is 10.2. The van der Waals surface area contributed by atoms with Crippen LogP contribution >= 0.6 is 35.8 Å². The minimum atomic E-state index is -0.359. The highest BCUT2D eigenvalue weighted by molar-refractivity contribution is 7.99. The lowest BCUT2D eigenvalue weighted by molar-refractivity contribution is 0.622. The van der Waals surface area contributed by atoms with Gasteiger partial charge >= 0.3 is 0 Å². The summed E-state index contributed by atoms with van der Waals surface area (Å²) in [6.07, 6.45) is 1.89. The van der Waals surface area contributed by atoms with Gasteiger partial charge in [-0.1, -0.05) is 23.7 Å². The van der Waals surface area contributed by atoms with Gasteiger partial charge in [0.05, 0.1) is 5.02 Å². The van der Waals surface area contributed by atoms with Gasteiger partial charge in [0.2, 0.25) is 0 Å². The number of hydrogen-bond acceptors (Lipinski definition) is 2. The molecule has 0 aliphatic rings. The number of halogens is 3. The molecule has 1 aromatic rings. The van der Waals surface area contributed by atoms with Gasteiger partial charge in [0.25, 0.3) is 0 Å². The highest BCUT2D eigenvalue weighted by Gasteiger charge is 2.00. The van der Waals surface area contributed by atoms with Crippen molar-refractivity contribution in [3.63, 3.8) is 0 Å². The molecule has 17 heavy (non-hydrogen) atoms. The summed E-state index contributed by atoms with van der Waals surface area (Å²) in [6, 6.07) is 4.88. The maximum atomic E-state index is 13.1. The number of rotatable bonds is 7. The van der Waals surface area contributed by atoms with Crippen LogP contribution in [0.4, 0.5) is 4.39 Å². The Hall–Kier alpha value is -0.220. The molecule has 0 atom stereocenters. The van der Waals surface area contributed by atoms with Gasteiger partial charge in [-0.15, -0.1) is 19.0 Å². The monoisotopic (exact) mass is 295 g/mol. The molecule has 0 spiro atoms. The van der Waals surface area contributed by atoms with E-state index in [9.17, 15) is 4.39 Å². The molecule has 0 unspecified atom stereocenters. The zero-order chi connectivity index (χ0) is 11.8. The highest BCUT2D eigenvalue weighted by atomic mass is 35.5. The molecule has 96 valence electrons. The molecule has 0 amide bonds. The maximum Gasteiger partial charge on any atom is 0.142 e. The maximum absolute atomic E-state index is 13.1. The lowest BCUT2D eigenvalue weighted by Crippen LogP contribution is -2.16. The summed E-state index contributed by atoms with van der Waals surface area (Å²) in [6.45, 7) is 5.22. The predicted molar refractivity (Wildman–Crippen MR) is 77.9 cm³/mol. The van der Waals surface area contributed by atoms with Gasteiger partial charge in [0.15, 0.2) is 0 Å². The Bertz CT molecular complexity index is 347. The van der Waals surface area contributed by atoms with E-state index in [4.69, 9.17) is 11.6 Å². The Balaban J connectivity index is 0.00000256. The summed E-state index contributed by atoms with van der Waals surface area (Å²) < 4.78 is 13.1. The SMILES string of the molecule is C=CCSCCNCc1ccc(Cl)c(F)c1.Cl. The van der Waals surface area contributed by atoms with Gasteiger partial charge in [0, 0.05) is 24.6 Å². The van der Waals surface area contributed by atoms with E-state index in [1.165, 1.54) is 6.07 Å². The smallest absolute Gasteiger partial charge is 0.142 e. The first-order valence-corrected chi connectivity index (χ1v) is 6.60. The predicted octanol–water partition coefficient (Wildman–Crippen LogP) is 3.91. The van der Waals surface area contributed by atoms with Crippen molar-refractivity contribution in [2.24, 2.45) is 0 Å². The van der Waals surface area contributed by atoms with Gasteiger partial charge in [0.1, 0.15) is 5.82 Å². The second-order valence-electron chi connectivity index (χ2n) is 3.29. The molecule has 0 aliphatic carbocycles. The Kier molecular flexibility index (Phi) is 9.65. The van der Waals surface area contributed by atoms with E-state index in [1.54, 1.807) is 6.07 Å². The summed E-state index contributed by atoms with van der Waals surface area (Å²) >= 11 is 7.41. The zero-order valence-corrected chi connectivity index (χ0v) is 11.8. The third-order valence-corrected chi connectivity index (χ3v) is 3.24. The second-order valence-corrected chi connectivity index (χ2v) is 4.85. The van der Waals surface area contributed by atoms with Crippen LogP contribution in [-0.2, 0) is 6.54 Å². The second kappa shape index (κ2) is 9.77. The molecular weight excluding hydrogens is 280 g/mol. The van der Waals surface area contributed by atoms with Crippen LogP contribution in [0.3, 0.4) is 0 Å². The van der Waals surface area contributed by atoms with E-state index in [1.807, 2.05) is 23.9 Å². The lowest BCUT2D eigenvalue weighted by Gasteiger charge is -2.05. The molecule has 0 radical (unpaired) electrons. The van der Waals surface area contributed by atoms with E-state index in [-0.39, 0.29) is 23.2 Å². The van der Waals surface area contributed by atoms with Crippen LogP contribution < -0.4 is 5.32 Å². The van der Waals surface area contributed by atoms with Crippen LogP contribution in [0.1, 0.15) is 5.56 Å². The van der Waals surface area contributed by atoms with Crippen molar-refractivity contribution in [2.75, 3.05) is 18.1 Å². The largest absolute Gasteiger partial charge is 0.312 e. The number of nitrogens with one attached hydrogen (secondary N) is 1. The van der Waals surface area contributed by atoms with Gasteiger partial charge in [-0.05, 0) is 17.7 Å². The van der Waals surface area contributed by atoms with Crippen LogP contribution in [0.15, 0.2) is 30.9 Å². The third-order valence-electron chi connectivity index (χ3n) is 1.97. The molecule has 0 saturated heterocycles. The average Bonchev–Trinajstić information content (AvgIpc) is 2.28. The summed E-state index contributed by atoms with van der Waals surface area (Å²) in [5.41, 5.74) is 0.913. The van der Waals surface area contributed by atoms with Crippen molar-refractivity contribution in [1.82, 2.24) is 5.32 Å². The fraction of sp³-hybridized carbons (Fsp3) is 0.333. The van der Waals surface area contributed by atoms with Gasteiger partial charge in [-0.25, -0.2) is 4.39 Å². The molecule has 1 N–H and O–H groups in total. The summed E-state index contributed by atoms with van der Waals surface area (Å²) in [5.74, 6) is 1.64. The van der Waals surface area contributed by atoms with E-state index < -0.39 is 0 Å². The Labute approximate surface area is 117 Å². The summed E-state index contributed by atoms with van der Waals surface area (Å²) in [7, 11) is 0. The minimum absolute atomic E-state index is 0. The first-order chi connectivity index (χ1) is 7.74.